The first-order valence-corrected chi connectivity index (χ1v) is 8.10. The molecule has 1 aromatic heterocycles. The molecule has 2 heterocycles. The number of rotatable bonds is 4. The zero-order valence-corrected chi connectivity index (χ0v) is 13.0. The van der Waals surface area contributed by atoms with E-state index in [2.05, 4.69) is 16.0 Å². The molecule has 1 aliphatic heterocycles. The lowest BCUT2D eigenvalue weighted by molar-refractivity contribution is 0.1000. The Kier molecular flexibility index (Phi) is 3.54. The van der Waals surface area contributed by atoms with Crippen LogP contribution in [0.3, 0.4) is 0 Å². The number of benzene rings is 1. The maximum absolute atomic E-state index is 12.0. The lowest BCUT2D eigenvalue weighted by Crippen LogP contribution is -2.24. The van der Waals surface area contributed by atoms with Gasteiger partial charge in [-0.05, 0) is 48.4 Å². The number of aromatic nitrogens is 1. The minimum Gasteiger partial charge on any atom is -0.325 e. The van der Waals surface area contributed by atoms with Crippen LogP contribution < -0.4 is 5.73 Å². The normalized spacial score (nSPS) is 16.9. The van der Waals surface area contributed by atoms with Crippen LogP contribution in [0.5, 0.6) is 0 Å². The summed E-state index contributed by atoms with van der Waals surface area (Å²) in [7, 11) is 0. The van der Waals surface area contributed by atoms with Gasteiger partial charge in [0.25, 0.3) is 0 Å². The number of fused-ring (bicyclic) bond motifs is 1. The van der Waals surface area contributed by atoms with Gasteiger partial charge in [0, 0.05) is 35.6 Å². The summed E-state index contributed by atoms with van der Waals surface area (Å²) in [5.74, 6) is 0.897. The summed E-state index contributed by atoms with van der Waals surface area (Å²) in [6.07, 6.45) is 7.61. The Hall–Kier alpha value is -2.33. The number of Topliss-reactive ketones (excluding diaryl/α,β-unsaturated/α-hetero) is 1. The van der Waals surface area contributed by atoms with Gasteiger partial charge in [-0.3, -0.25) is 14.8 Å². The molecule has 1 saturated carbocycles. The third-order valence-corrected chi connectivity index (χ3v) is 4.59. The van der Waals surface area contributed by atoms with Gasteiger partial charge in [-0.1, -0.05) is 12.1 Å². The predicted molar refractivity (Wildman–Crippen MR) is 90.9 cm³/mol. The molecule has 0 spiro atoms. The van der Waals surface area contributed by atoms with E-state index in [1.165, 1.54) is 18.4 Å². The minimum atomic E-state index is 0.0596. The lowest BCUT2D eigenvalue weighted by atomic mass is 9.92. The van der Waals surface area contributed by atoms with E-state index in [1.807, 2.05) is 30.6 Å². The fourth-order valence-corrected chi connectivity index (χ4v) is 3.13. The smallest absolute Gasteiger partial charge is 0.184 e. The quantitative estimate of drug-likeness (QED) is 0.944. The van der Waals surface area contributed by atoms with Crippen LogP contribution >= 0.6 is 0 Å². The maximum Gasteiger partial charge on any atom is 0.184 e. The summed E-state index contributed by atoms with van der Waals surface area (Å²) in [5.41, 5.74) is 11.6. The topological polar surface area (TPSA) is 68.3 Å². The highest BCUT2D eigenvalue weighted by molar-refractivity contribution is 6.16. The SMILES string of the molecule is NCC1=NCC(=O)c2ccc(-c3cncc(CC4CC4)c3)cc21. The third kappa shape index (κ3) is 2.82. The standard InChI is InChI=1S/C19H19N3O/c20-8-18-17-7-14(3-4-16(17)19(23)11-22-18)15-6-13(9-21-10-15)5-12-1-2-12/h3-4,6-7,9-10,12H,1-2,5,8,11,20H2. The van der Waals surface area contributed by atoms with Crippen molar-refractivity contribution in [3.8, 4) is 11.1 Å². The van der Waals surface area contributed by atoms with Crippen molar-refractivity contribution in [3.63, 3.8) is 0 Å². The van der Waals surface area contributed by atoms with Crippen molar-refractivity contribution >= 4 is 11.5 Å². The van der Waals surface area contributed by atoms with Crippen molar-refractivity contribution in [2.24, 2.45) is 16.6 Å². The number of carbonyl (C=O) groups excluding carboxylic acids is 1. The Bertz CT molecular complexity index is 806. The summed E-state index contributed by atoms with van der Waals surface area (Å²) in [6.45, 7) is 0.557. The third-order valence-electron chi connectivity index (χ3n) is 4.59. The van der Waals surface area contributed by atoms with E-state index >= 15 is 0 Å². The summed E-state index contributed by atoms with van der Waals surface area (Å²) >= 11 is 0. The molecule has 0 radical (unpaired) electrons. The van der Waals surface area contributed by atoms with Crippen molar-refractivity contribution < 1.29 is 4.79 Å². The second-order valence-electron chi connectivity index (χ2n) is 6.38. The fraction of sp³-hybridized carbons (Fsp3) is 0.316. The maximum atomic E-state index is 12.0. The first-order valence-electron chi connectivity index (χ1n) is 8.10. The zero-order chi connectivity index (χ0) is 15.8. The van der Waals surface area contributed by atoms with E-state index in [4.69, 9.17) is 5.73 Å². The number of ketones is 1. The number of hydrogen-bond acceptors (Lipinski definition) is 4. The van der Waals surface area contributed by atoms with Crippen molar-refractivity contribution in [2.75, 3.05) is 13.1 Å². The van der Waals surface area contributed by atoms with E-state index in [-0.39, 0.29) is 12.3 Å². The van der Waals surface area contributed by atoms with Crippen LogP contribution in [0.2, 0.25) is 0 Å². The van der Waals surface area contributed by atoms with E-state index in [9.17, 15) is 4.79 Å². The summed E-state index contributed by atoms with van der Waals surface area (Å²) in [4.78, 5) is 20.7. The molecule has 0 saturated heterocycles. The van der Waals surface area contributed by atoms with Crippen molar-refractivity contribution in [2.45, 2.75) is 19.3 Å². The van der Waals surface area contributed by atoms with Crippen LogP contribution in [0.15, 0.2) is 41.7 Å². The molecule has 4 rings (SSSR count). The van der Waals surface area contributed by atoms with E-state index in [1.54, 1.807) is 0 Å². The van der Waals surface area contributed by atoms with Crippen molar-refractivity contribution in [1.82, 2.24) is 4.98 Å². The molecule has 0 bridgehead atoms. The summed E-state index contributed by atoms with van der Waals surface area (Å²) < 4.78 is 0. The number of pyridine rings is 1. The van der Waals surface area contributed by atoms with Crippen molar-refractivity contribution in [1.29, 1.82) is 0 Å². The molecule has 116 valence electrons. The Labute approximate surface area is 135 Å². The Morgan fingerprint density at radius 1 is 1.09 bits per heavy atom. The fourth-order valence-electron chi connectivity index (χ4n) is 3.13. The highest BCUT2D eigenvalue weighted by Gasteiger charge is 2.22. The van der Waals surface area contributed by atoms with Crippen LogP contribution in [0, 0.1) is 5.92 Å². The number of nitrogens with two attached hydrogens (primary N) is 1. The van der Waals surface area contributed by atoms with E-state index in [0.29, 0.717) is 6.54 Å². The summed E-state index contributed by atoms with van der Waals surface area (Å²) in [5, 5.41) is 0. The van der Waals surface area contributed by atoms with Gasteiger partial charge < -0.3 is 5.73 Å². The molecule has 23 heavy (non-hydrogen) atoms. The monoisotopic (exact) mass is 305 g/mol. The van der Waals surface area contributed by atoms with Gasteiger partial charge in [0.05, 0.1) is 5.71 Å². The molecular weight excluding hydrogens is 286 g/mol. The molecule has 1 fully saturated rings. The molecule has 2 aliphatic rings. The minimum absolute atomic E-state index is 0.0596. The van der Waals surface area contributed by atoms with Crippen LogP contribution in [0.1, 0.15) is 34.3 Å². The van der Waals surface area contributed by atoms with Crippen LogP contribution in [0.4, 0.5) is 0 Å². The number of nitrogens with zero attached hydrogens (tertiary/aromatic N) is 2. The van der Waals surface area contributed by atoms with Crippen LogP contribution in [0.25, 0.3) is 11.1 Å². The first kappa shape index (κ1) is 14.3. The van der Waals surface area contributed by atoms with Gasteiger partial charge in [0.2, 0.25) is 0 Å². The lowest BCUT2D eigenvalue weighted by Gasteiger charge is -2.16. The molecule has 0 atom stereocenters. The molecule has 0 unspecified atom stereocenters. The molecule has 0 amide bonds. The average Bonchev–Trinajstić information content (AvgIpc) is 3.39. The first-order chi connectivity index (χ1) is 11.2. The Balaban J connectivity index is 1.73. The second-order valence-corrected chi connectivity index (χ2v) is 6.38. The predicted octanol–water partition coefficient (Wildman–Crippen LogP) is 2.65. The van der Waals surface area contributed by atoms with E-state index in [0.717, 1.165) is 40.3 Å². The summed E-state index contributed by atoms with van der Waals surface area (Å²) in [6, 6.07) is 8.12. The van der Waals surface area contributed by atoms with Crippen LogP contribution in [-0.4, -0.2) is 29.6 Å². The highest BCUT2D eigenvalue weighted by atomic mass is 16.1. The zero-order valence-electron chi connectivity index (χ0n) is 13.0. The van der Waals surface area contributed by atoms with Gasteiger partial charge in [-0.2, -0.15) is 0 Å². The molecule has 1 aliphatic carbocycles. The number of hydrogen-bond donors (Lipinski definition) is 1. The van der Waals surface area contributed by atoms with Gasteiger partial charge in [0.1, 0.15) is 6.54 Å². The molecule has 4 nitrogen and oxygen atoms in total. The molecule has 2 N–H and O–H groups in total. The molecule has 2 aromatic rings. The van der Waals surface area contributed by atoms with E-state index < -0.39 is 0 Å². The van der Waals surface area contributed by atoms with Crippen molar-refractivity contribution in [3.05, 3.63) is 53.3 Å². The van der Waals surface area contributed by atoms with Gasteiger partial charge in [-0.25, -0.2) is 0 Å². The Morgan fingerprint density at radius 2 is 1.96 bits per heavy atom. The van der Waals surface area contributed by atoms with Gasteiger partial charge in [0.15, 0.2) is 5.78 Å². The van der Waals surface area contributed by atoms with Gasteiger partial charge >= 0.3 is 0 Å². The second kappa shape index (κ2) is 5.70. The molecule has 4 heteroatoms. The number of aliphatic imine (C=N–C) groups is 1. The van der Waals surface area contributed by atoms with Crippen LogP contribution in [-0.2, 0) is 6.42 Å². The molecular formula is C19H19N3O. The van der Waals surface area contributed by atoms with Gasteiger partial charge in [-0.15, -0.1) is 0 Å². The Morgan fingerprint density at radius 3 is 2.74 bits per heavy atom. The molecule has 1 aromatic carbocycles. The largest absolute Gasteiger partial charge is 0.325 e. The number of carbonyl (C=O) groups is 1. The highest BCUT2D eigenvalue weighted by Crippen LogP contribution is 2.33. The average molecular weight is 305 g/mol.